The van der Waals surface area contributed by atoms with Crippen LogP contribution in [0.4, 0.5) is 0 Å². The van der Waals surface area contributed by atoms with Crippen molar-refractivity contribution in [3.63, 3.8) is 0 Å². The summed E-state index contributed by atoms with van der Waals surface area (Å²) in [7, 11) is 0. The number of carbonyl (C=O) groups is 1. The van der Waals surface area contributed by atoms with Crippen LogP contribution in [-0.4, -0.2) is 15.9 Å². The average molecular weight is 487 g/mol. The molecule has 192 valence electrons. The van der Waals surface area contributed by atoms with Gasteiger partial charge in [0.05, 0.1) is 5.56 Å². The quantitative estimate of drug-likeness (QED) is 0.122. The van der Waals surface area contributed by atoms with Crippen molar-refractivity contribution in [3.05, 3.63) is 77.6 Å². The summed E-state index contributed by atoms with van der Waals surface area (Å²) in [6.07, 6.45) is 17.6. The van der Waals surface area contributed by atoms with Crippen molar-refractivity contribution in [1.29, 1.82) is 0 Å². The van der Waals surface area contributed by atoms with E-state index in [1.165, 1.54) is 62.5 Å². The number of hydrogen-bond acceptors (Lipinski definition) is 4. The average Bonchev–Trinajstić information content (AvgIpc) is 2.91. The van der Waals surface area contributed by atoms with Gasteiger partial charge in [0.1, 0.15) is 5.75 Å². The Balaban J connectivity index is 1.44. The molecule has 2 aromatic carbocycles. The van der Waals surface area contributed by atoms with Crippen molar-refractivity contribution < 1.29 is 9.53 Å². The third-order valence-electron chi connectivity index (χ3n) is 6.82. The van der Waals surface area contributed by atoms with Crippen LogP contribution in [-0.2, 0) is 12.8 Å². The van der Waals surface area contributed by atoms with Crippen molar-refractivity contribution in [2.24, 2.45) is 5.92 Å². The Hall–Kier alpha value is -3.01. The van der Waals surface area contributed by atoms with Crippen LogP contribution in [0.25, 0.3) is 11.4 Å². The van der Waals surface area contributed by atoms with Crippen LogP contribution in [0.2, 0.25) is 0 Å². The highest BCUT2D eigenvalue weighted by Crippen LogP contribution is 2.21. The molecule has 0 saturated heterocycles. The largest absolute Gasteiger partial charge is 0.423 e. The first kappa shape index (κ1) is 27.6. The van der Waals surface area contributed by atoms with Gasteiger partial charge in [-0.2, -0.15) is 0 Å². The highest BCUT2D eigenvalue weighted by atomic mass is 16.5. The summed E-state index contributed by atoms with van der Waals surface area (Å²) in [5, 5.41) is 0. The lowest BCUT2D eigenvalue weighted by Gasteiger charge is -2.09. The van der Waals surface area contributed by atoms with Gasteiger partial charge < -0.3 is 4.74 Å². The van der Waals surface area contributed by atoms with Crippen molar-refractivity contribution in [2.45, 2.75) is 91.4 Å². The number of ether oxygens (including phenoxy) is 1. The van der Waals surface area contributed by atoms with Gasteiger partial charge in [0.2, 0.25) is 0 Å². The predicted octanol–water partition coefficient (Wildman–Crippen LogP) is 8.63. The molecule has 3 rings (SSSR count). The summed E-state index contributed by atoms with van der Waals surface area (Å²) in [5.41, 5.74) is 3.89. The van der Waals surface area contributed by atoms with E-state index in [0.29, 0.717) is 23.1 Å². The molecular formula is C32H42N2O2. The minimum Gasteiger partial charge on any atom is -0.423 e. The van der Waals surface area contributed by atoms with Crippen LogP contribution in [0, 0.1) is 5.92 Å². The second kappa shape index (κ2) is 15.2. The van der Waals surface area contributed by atoms with E-state index in [-0.39, 0.29) is 5.97 Å². The fourth-order valence-corrected chi connectivity index (χ4v) is 4.26. The van der Waals surface area contributed by atoms with Crippen LogP contribution in [0.5, 0.6) is 5.75 Å². The second-order valence-corrected chi connectivity index (χ2v) is 9.97. The first-order valence-corrected chi connectivity index (χ1v) is 13.8. The van der Waals surface area contributed by atoms with Gasteiger partial charge in [-0.15, -0.1) is 0 Å². The van der Waals surface area contributed by atoms with E-state index in [1.807, 2.05) is 48.8 Å². The molecule has 0 N–H and O–H groups in total. The minimum atomic E-state index is -0.348. The normalized spacial score (nSPS) is 11.9. The van der Waals surface area contributed by atoms with Crippen LogP contribution in [0.15, 0.2) is 60.9 Å². The van der Waals surface area contributed by atoms with Gasteiger partial charge in [-0.1, -0.05) is 84.3 Å². The molecule has 0 unspecified atom stereocenters. The van der Waals surface area contributed by atoms with E-state index in [9.17, 15) is 4.79 Å². The molecule has 4 heteroatoms. The topological polar surface area (TPSA) is 52.1 Å². The maximum Gasteiger partial charge on any atom is 0.343 e. The fraction of sp³-hybridized carbons (Fsp3) is 0.469. The number of esters is 1. The first-order valence-electron chi connectivity index (χ1n) is 13.8. The van der Waals surface area contributed by atoms with Gasteiger partial charge in [0.15, 0.2) is 5.82 Å². The maximum absolute atomic E-state index is 12.5. The Labute approximate surface area is 217 Å². The zero-order valence-electron chi connectivity index (χ0n) is 22.3. The zero-order valence-corrected chi connectivity index (χ0v) is 22.3. The van der Waals surface area contributed by atoms with E-state index in [1.54, 1.807) is 12.1 Å². The highest BCUT2D eigenvalue weighted by molar-refractivity contribution is 5.91. The van der Waals surface area contributed by atoms with Crippen molar-refractivity contribution in [1.82, 2.24) is 9.97 Å². The SMILES string of the molecule is CCCCCCCCCCc1cnc(-c2ccc(OC(=O)c3ccc(C[C@@H](C)CC)cc3)cc2)nc1. The predicted molar refractivity (Wildman–Crippen MR) is 148 cm³/mol. The van der Waals surface area contributed by atoms with E-state index in [2.05, 4.69) is 30.7 Å². The lowest BCUT2D eigenvalue weighted by Crippen LogP contribution is -2.08. The number of unbranched alkanes of at least 4 members (excludes halogenated alkanes) is 7. The Morgan fingerprint density at radius 2 is 1.39 bits per heavy atom. The summed E-state index contributed by atoms with van der Waals surface area (Å²) in [5.74, 6) is 1.49. The summed E-state index contributed by atoms with van der Waals surface area (Å²) < 4.78 is 5.56. The zero-order chi connectivity index (χ0) is 25.6. The number of aromatic nitrogens is 2. The Morgan fingerprint density at radius 3 is 2.00 bits per heavy atom. The van der Waals surface area contributed by atoms with Crippen molar-refractivity contribution in [3.8, 4) is 17.1 Å². The van der Waals surface area contributed by atoms with Crippen LogP contribution in [0.1, 0.15) is 100 Å². The molecule has 1 heterocycles. The monoisotopic (exact) mass is 486 g/mol. The molecule has 0 fully saturated rings. The van der Waals surface area contributed by atoms with Gasteiger partial charge in [-0.3, -0.25) is 0 Å². The number of benzene rings is 2. The fourth-order valence-electron chi connectivity index (χ4n) is 4.26. The molecule has 0 radical (unpaired) electrons. The maximum atomic E-state index is 12.5. The molecule has 0 saturated carbocycles. The molecule has 0 aliphatic carbocycles. The number of rotatable bonds is 15. The summed E-state index contributed by atoms with van der Waals surface area (Å²) in [6.45, 7) is 6.69. The Morgan fingerprint density at radius 1 is 0.778 bits per heavy atom. The summed E-state index contributed by atoms with van der Waals surface area (Å²) in [6, 6.07) is 15.1. The first-order chi connectivity index (χ1) is 17.6. The highest BCUT2D eigenvalue weighted by Gasteiger charge is 2.10. The number of carbonyl (C=O) groups excluding carboxylic acids is 1. The molecule has 1 aromatic heterocycles. The molecule has 0 spiro atoms. The van der Waals surface area contributed by atoms with Crippen LogP contribution in [0.3, 0.4) is 0 Å². The van der Waals surface area contributed by atoms with E-state index >= 15 is 0 Å². The van der Waals surface area contributed by atoms with E-state index in [0.717, 1.165) is 24.8 Å². The van der Waals surface area contributed by atoms with Crippen LogP contribution < -0.4 is 4.74 Å². The Kier molecular flexibility index (Phi) is 11.6. The summed E-state index contributed by atoms with van der Waals surface area (Å²) in [4.78, 5) is 21.6. The smallest absolute Gasteiger partial charge is 0.343 e. The molecule has 3 aromatic rings. The number of nitrogens with zero attached hydrogens (tertiary/aromatic N) is 2. The molecule has 0 bridgehead atoms. The van der Waals surface area contributed by atoms with Gasteiger partial charge in [-0.05, 0) is 72.7 Å². The number of aryl methyl sites for hydroxylation is 1. The molecule has 1 atom stereocenters. The third-order valence-corrected chi connectivity index (χ3v) is 6.82. The molecule has 0 aliphatic rings. The third kappa shape index (κ3) is 9.22. The molecular weight excluding hydrogens is 444 g/mol. The van der Waals surface area contributed by atoms with Crippen molar-refractivity contribution >= 4 is 5.97 Å². The van der Waals surface area contributed by atoms with Gasteiger partial charge in [0, 0.05) is 18.0 Å². The molecule has 0 aliphatic heterocycles. The van der Waals surface area contributed by atoms with Crippen molar-refractivity contribution in [2.75, 3.05) is 0 Å². The van der Waals surface area contributed by atoms with E-state index < -0.39 is 0 Å². The van der Waals surface area contributed by atoms with Crippen LogP contribution >= 0.6 is 0 Å². The number of hydrogen-bond donors (Lipinski definition) is 0. The second-order valence-electron chi connectivity index (χ2n) is 9.97. The van der Waals surface area contributed by atoms with E-state index in [4.69, 9.17) is 4.74 Å². The minimum absolute atomic E-state index is 0.348. The van der Waals surface area contributed by atoms with Gasteiger partial charge in [-0.25, -0.2) is 14.8 Å². The molecule has 0 amide bonds. The lowest BCUT2D eigenvalue weighted by molar-refractivity contribution is 0.0735. The molecule has 4 nitrogen and oxygen atoms in total. The summed E-state index contributed by atoms with van der Waals surface area (Å²) >= 11 is 0. The standard InChI is InChI=1S/C32H42N2O2/c1-4-6-7-8-9-10-11-12-13-27-23-33-31(34-24-27)28-18-20-30(21-19-28)36-32(35)29-16-14-26(15-17-29)22-25(3)5-2/h14-21,23-25H,4-13,22H2,1-3H3/t25-/m0/s1. The molecule has 36 heavy (non-hydrogen) atoms. The Bertz CT molecular complexity index is 1030. The lowest BCUT2D eigenvalue weighted by atomic mass is 9.98. The van der Waals surface area contributed by atoms with Gasteiger partial charge in [0.25, 0.3) is 0 Å². The van der Waals surface area contributed by atoms with Gasteiger partial charge >= 0.3 is 5.97 Å².